The van der Waals surface area contributed by atoms with E-state index in [1.165, 1.54) is 0 Å². The lowest BCUT2D eigenvalue weighted by molar-refractivity contribution is -0.116. The van der Waals surface area contributed by atoms with E-state index in [0.717, 1.165) is 11.3 Å². The zero-order valence-electron chi connectivity index (χ0n) is 16.0. The molecule has 3 rings (SSSR count). The first-order valence-electron chi connectivity index (χ1n) is 8.98. The fraction of sp³-hybridized carbons (Fsp3) is 0.300. The number of carbonyl (C=O) groups excluding carboxylic acids is 2. The summed E-state index contributed by atoms with van der Waals surface area (Å²) in [5, 5.41) is 8.71. The number of amides is 2. The quantitative estimate of drug-likeness (QED) is 0.701. The van der Waals surface area contributed by atoms with E-state index in [9.17, 15) is 9.59 Å². The van der Waals surface area contributed by atoms with Gasteiger partial charge in [0.05, 0.1) is 6.61 Å². The highest BCUT2D eigenvalue weighted by Gasteiger charge is 2.18. The van der Waals surface area contributed by atoms with Crippen LogP contribution in [-0.4, -0.2) is 31.4 Å². The molecule has 3 N–H and O–H groups in total. The van der Waals surface area contributed by atoms with Gasteiger partial charge in [-0.3, -0.25) is 10.1 Å². The molecule has 0 saturated carbocycles. The lowest BCUT2D eigenvalue weighted by Gasteiger charge is -2.19. The standard InChI is InChI=1S/C20H23N3O5/c1-4-26-20(25)23-16-7-5-6-15(12(16)2)21-13(3)19(24)22-14-8-9-17-18(10-14)28-11-27-17/h5-10,13,21H,4,11H2,1-3H3,(H,22,24)(H,23,25). The molecule has 2 aromatic carbocycles. The van der Waals surface area contributed by atoms with E-state index in [-0.39, 0.29) is 12.7 Å². The summed E-state index contributed by atoms with van der Waals surface area (Å²) in [5.41, 5.74) is 2.78. The molecule has 0 aliphatic carbocycles. The topological polar surface area (TPSA) is 97.9 Å². The Bertz CT molecular complexity index is 884. The summed E-state index contributed by atoms with van der Waals surface area (Å²) in [6, 6.07) is 10.1. The van der Waals surface area contributed by atoms with Crippen molar-refractivity contribution >= 4 is 29.1 Å². The average Bonchev–Trinajstić information content (AvgIpc) is 3.13. The zero-order chi connectivity index (χ0) is 20.1. The second-order valence-corrected chi connectivity index (χ2v) is 6.25. The number of rotatable bonds is 6. The summed E-state index contributed by atoms with van der Waals surface area (Å²) in [7, 11) is 0. The number of nitrogens with one attached hydrogen (secondary N) is 3. The minimum absolute atomic E-state index is 0.181. The SMILES string of the molecule is CCOC(=O)Nc1cccc(NC(C)C(=O)Nc2ccc3c(c2)OCO3)c1C. The molecule has 2 amide bonds. The van der Waals surface area contributed by atoms with Gasteiger partial charge in [0.15, 0.2) is 11.5 Å². The van der Waals surface area contributed by atoms with Gasteiger partial charge < -0.3 is 24.8 Å². The zero-order valence-corrected chi connectivity index (χ0v) is 16.0. The number of anilines is 3. The van der Waals surface area contributed by atoms with Gasteiger partial charge in [-0.15, -0.1) is 0 Å². The van der Waals surface area contributed by atoms with Gasteiger partial charge in [0.1, 0.15) is 6.04 Å². The van der Waals surface area contributed by atoms with Crippen LogP contribution < -0.4 is 25.4 Å². The minimum atomic E-state index is -0.517. The van der Waals surface area contributed by atoms with Crippen molar-refractivity contribution in [2.45, 2.75) is 26.8 Å². The third kappa shape index (κ3) is 4.46. The fourth-order valence-corrected chi connectivity index (χ4v) is 2.73. The van der Waals surface area contributed by atoms with Gasteiger partial charge >= 0.3 is 6.09 Å². The molecule has 28 heavy (non-hydrogen) atoms. The molecule has 148 valence electrons. The highest BCUT2D eigenvalue weighted by molar-refractivity contribution is 5.97. The molecular formula is C20H23N3O5. The van der Waals surface area contributed by atoms with Crippen molar-refractivity contribution in [3.05, 3.63) is 42.0 Å². The number of benzene rings is 2. The van der Waals surface area contributed by atoms with Crippen molar-refractivity contribution in [3.8, 4) is 11.5 Å². The van der Waals surface area contributed by atoms with Gasteiger partial charge in [-0.1, -0.05) is 6.07 Å². The van der Waals surface area contributed by atoms with Crippen molar-refractivity contribution < 1.29 is 23.8 Å². The van der Waals surface area contributed by atoms with Crippen LogP contribution in [0.15, 0.2) is 36.4 Å². The molecule has 1 atom stereocenters. The molecule has 0 radical (unpaired) electrons. The first-order chi connectivity index (χ1) is 13.5. The molecule has 8 heteroatoms. The smallest absolute Gasteiger partial charge is 0.411 e. The van der Waals surface area contributed by atoms with Gasteiger partial charge in [0.2, 0.25) is 12.7 Å². The van der Waals surface area contributed by atoms with Crippen LogP contribution in [0.3, 0.4) is 0 Å². The summed E-state index contributed by atoms with van der Waals surface area (Å²) >= 11 is 0. The van der Waals surface area contributed by atoms with E-state index in [0.29, 0.717) is 29.5 Å². The van der Waals surface area contributed by atoms with E-state index in [1.807, 2.05) is 13.0 Å². The van der Waals surface area contributed by atoms with E-state index in [2.05, 4.69) is 16.0 Å². The van der Waals surface area contributed by atoms with E-state index < -0.39 is 12.1 Å². The lowest BCUT2D eigenvalue weighted by Crippen LogP contribution is -2.32. The van der Waals surface area contributed by atoms with Crippen molar-refractivity contribution in [1.29, 1.82) is 0 Å². The highest BCUT2D eigenvalue weighted by atomic mass is 16.7. The Balaban J connectivity index is 1.64. The Kier molecular flexibility index (Phi) is 5.88. The molecule has 1 heterocycles. The van der Waals surface area contributed by atoms with Crippen LogP contribution >= 0.6 is 0 Å². The Labute approximate surface area is 163 Å². The Morgan fingerprint density at radius 2 is 1.86 bits per heavy atom. The number of carbonyl (C=O) groups is 2. The molecule has 0 spiro atoms. The Morgan fingerprint density at radius 3 is 2.64 bits per heavy atom. The predicted octanol–water partition coefficient (Wildman–Crippen LogP) is 3.73. The highest BCUT2D eigenvalue weighted by Crippen LogP contribution is 2.34. The monoisotopic (exact) mass is 385 g/mol. The van der Waals surface area contributed by atoms with Crippen LogP contribution in [-0.2, 0) is 9.53 Å². The molecule has 0 saturated heterocycles. The van der Waals surface area contributed by atoms with Gasteiger partial charge in [0.25, 0.3) is 0 Å². The largest absolute Gasteiger partial charge is 0.454 e. The van der Waals surface area contributed by atoms with Crippen LogP contribution in [0.1, 0.15) is 19.4 Å². The molecular weight excluding hydrogens is 362 g/mol. The number of hydrogen-bond donors (Lipinski definition) is 3. The number of hydrogen-bond acceptors (Lipinski definition) is 6. The summed E-state index contributed by atoms with van der Waals surface area (Å²) < 4.78 is 15.5. The summed E-state index contributed by atoms with van der Waals surface area (Å²) in [6.45, 7) is 5.82. The summed E-state index contributed by atoms with van der Waals surface area (Å²) in [6.07, 6.45) is -0.517. The second kappa shape index (κ2) is 8.51. The normalized spacial score (nSPS) is 12.8. The lowest BCUT2D eigenvalue weighted by atomic mass is 10.1. The van der Waals surface area contributed by atoms with E-state index in [4.69, 9.17) is 14.2 Å². The van der Waals surface area contributed by atoms with Crippen LogP contribution in [0, 0.1) is 6.92 Å². The summed E-state index contributed by atoms with van der Waals surface area (Å²) in [5.74, 6) is 1.06. The second-order valence-electron chi connectivity index (χ2n) is 6.25. The molecule has 1 unspecified atom stereocenters. The minimum Gasteiger partial charge on any atom is -0.454 e. The van der Waals surface area contributed by atoms with Gasteiger partial charge in [-0.25, -0.2) is 4.79 Å². The Morgan fingerprint density at radius 1 is 1.11 bits per heavy atom. The first-order valence-corrected chi connectivity index (χ1v) is 8.98. The van der Waals surface area contributed by atoms with Crippen molar-refractivity contribution in [2.24, 2.45) is 0 Å². The third-order valence-electron chi connectivity index (χ3n) is 4.25. The van der Waals surface area contributed by atoms with Gasteiger partial charge in [0, 0.05) is 23.1 Å². The van der Waals surface area contributed by atoms with Gasteiger partial charge in [-0.2, -0.15) is 0 Å². The van der Waals surface area contributed by atoms with Gasteiger partial charge in [-0.05, 0) is 50.6 Å². The maximum atomic E-state index is 12.5. The van der Waals surface area contributed by atoms with E-state index in [1.54, 1.807) is 44.2 Å². The summed E-state index contributed by atoms with van der Waals surface area (Å²) in [4.78, 5) is 24.2. The van der Waals surface area contributed by atoms with Crippen LogP contribution in [0.5, 0.6) is 11.5 Å². The average molecular weight is 385 g/mol. The van der Waals surface area contributed by atoms with Crippen LogP contribution in [0.25, 0.3) is 0 Å². The number of ether oxygens (including phenoxy) is 3. The van der Waals surface area contributed by atoms with Crippen molar-refractivity contribution in [1.82, 2.24) is 0 Å². The molecule has 8 nitrogen and oxygen atoms in total. The molecule has 2 aromatic rings. The maximum Gasteiger partial charge on any atom is 0.411 e. The van der Waals surface area contributed by atoms with Crippen molar-refractivity contribution in [2.75, 3.05) is 29.4 Å². The molecule has 0 fully saturated rings. The molecule has 0 aromatic heterocycles. The molecule has 1 aliphatic heterocycles. The first kappa shape index (κ1) is 19.3. The number of fused-ring (bicyclic) bond motifs is 1. The fourth-order valence-electron chi connectivity index (χ4n) is 2.73. The van der Waals surface area contributed by atoms with Crippen LogP contribution in [0.4, 0.5) is 21.9 Å². The van der Waals surface area contributed by atoms with E-state index >= 15 is 0 Å². The molecule has 0 bridgehead atoms. The Hall–Kier alpha value is -3.42. The predicted molar refractivity (Wildman–Crippen MR) is 106 cm³/mol. The van der Waals surface area contributed by atoms with Crippen molar-refractivity contribution in [3.63, 3.8) is 0 Å². The third-order valence-corrected chi connectivity index (χ3v) is 4.25. The maximum absolute atomic E-state index is 12.5. The van der Waals surface area contributed by atoms with Crippen LogP contribution in [0.2, 0.25) is 0 Å². The molecule has 1 aliphatic rings.